The Morgan fingerprint density at radius 2 is 2.11 bits per heavy atom. The fourth-order valence-corrected chi connectivity index (χ4v) is 2.31. The van der Waals surface area contributed by atoms with E-state index in [0.29, 0.717) is 25.4 Å². The number of carboxylic acid groups (broad SMARTS) is 1. The van der Waals surface area contributed by atoms with Gasteiger partial charge in [0, 0.05) is 20.1 Å². The molecule has 1 fully saturated rings. The number of urea groups is 1. The zero-order chi connectivity index (χ0) is 13.7. The average molecular weight is 256 g/mol. The molecule has 104 valence electrons. The average Bonchev–Trinajstić information content (AvgIpc) is 2.37. The Balaban J connectivity index is 2.65. The van der Waals surface area contributed by atoms with Crippen molar-refractivity contribution in [1.29, 1.82) is 0 Å². The molecule has 1 aliphatic heterocycles. The topological polar surface area (TPSA) is 60.9 Å². The second kappa shape index (κ2) is 6.61. The molecule has 0 aliphatic carbocycles. The van der Waals surface area contributed by atoms with Crippen LogP contribution in [0.1, 0.15) is 39.5 Å². The zero-order valence-electron chi connectivity index (χ0n) is 11.6. The number of hydrogen-bond acceptors (Lipinski definition) is 2. The molecule has 0 aromatic rings. The van der Waals surface area contributed by atoms with Crippen LogP contribution in [0.2, 0.25) is 0 Å². The lowest BCUT2D eigenvalue weighted by molar-refractivity contribution is -0.143. The van der Waals surface area contributed by atoms with Gasteiger partial charge in [0.25, 0.3) is 0 Å². The van der Waals surface area contributed by atoms with Crippen LogP contribution in [0, 0.1) is 5.92 Å². The number of amides is 2. The summed E-state index contributed by atoms with van der Waals surface area (Å²) in [5, 5.41) is 9.15. The second-order valence-corrected chi connectivity index (χ2v) is 5.22. The molecule has 1 saturated heterocycles. The Kier molecular flexibility index (Phi) is 5.44. The van der Waals surface area contributed by atoms with Gasteiger partial charge in [-0.1, -0.05) is 20.3 Å². The van der Waals surface area contributed by atoms with Crippen molar-refractivity contribution in [1.82, 2.24) is 9.80 Å². The number of hydrogen-bond donors (Lipinski definition) is 1. The summed E-state index contributed by atoms with van der Waals surface area (Å²) in [4.78, 5) is 26.6. The smallest absolute Gasteiger partial charge is 0.326 e. The Labute approximate surface area is 109 Å². The molecule has 1 aliphatic rings. The first kappa shape index (κ1) is 14.8. The number of rotatable bonds is 4. The fourth-order valence-electron chi connectivity index (χ4n) is 2.31. The van der Waals surface area contributed by atoms with Crippen molar-refractivity contribution in [2.45, 2.75) is 45.6 Å². The van der Waals surface area contributed by atoms with Gasteiger partial charge in [-0.05, 0) is 25.2 Å². The molecular formula is C13H24N2O3. The molecule has 2 atom stereocenters. The molecule has 18 heavy (non-hydrogen) atoms. The molecule has 0 spiro atoms. The molecule has 1 heterocycles. The van der Waals surface area contributed by atoms with Gasteiger partial charge in [0.15, 0.2) is 0 Å². The third kappa shape index (κ3) is 3.62. The van der Waals surface area contributed by atoms with E-state index < -0.39 is 12.0 Å². The lowest BCUT2D eigenvalue weighted by atomic mass is 10.0. The zero-order valence-corrected chi connectivity index (χ0v) is 11.6. The van der Waals surface area contributed by atoms with Crippen molar-refractivity contribution in [2.24, 2.45) is 5.92 Å². The number of carboxylic acids is 1. The van der Waals surface area contributed by atoms with Crippen molar-refractivity contribution in [3.8, 4) is 0 Å². The van der Waals surface area contributed by atoms with Gasteiger partial charge in [-0.3, -0.25) is 0 Å². The van der Waals surface area contributed by atoms with E-state index in [1.54, 1.807) is 11.9 Å². The van der Waals surface area contributed by atoms with Crippen molar-refractivity contribution < 1.29 is 14.7 Å². The van der Waals surface area contributed by atoms with E-state index in [9.17, 15) is 9.59 Å². The van der Waals surface area contributed by atoms with Gasteiger partial charge in [0.2, 0.25) is 0 Å². The van der Waals surface area contributed by atoms with Gasteiger partial charge in [0.05, 0.1) is 0 Å². The van der Waals surface area contributed by atoms with Crippen LogP contribution in [0.5, 0.6) is 0 Å². The van der Waals surface area contributed by atoms with E-state index in [1.165, 1.54) is 4.90 Å². The molecule has 1 N–H and O–H groups in total. The fraction of sp³-hybridized carbons (Fsp3) is 0.846. The quantitative estimate of drug-likeness (QED) is 0.837. The third-order valence-corrected chi connectivity index (χ3v) is 3.64. The Morgan fingerprint density at radius 1 is 1.44 bits per heavy atom. The van der Waals surface area contributed by atoms with Crippen molar-refractivity contribution >= 4 is 12.0 Å². The SMILES string of the molecule is CCC(C)CN(C)C(=O)N1CCCCC1C(=O)O. The molecule has 2 unspecified atom stereocenters. The molecule has 2 amide bonds. The number of carbonyl (C=O) groups is 2. The summed E-state index contributed by atoms with van der Waals surface area (Å²) in [6.45, 7) is 5.41. The molecule has 5 heteroatoms. The summed E-state index contributed by atoms with van der Waals surface area (Å²) in [5.41, 5.74) is 0. The van der Waals surface area contributed by atoms with E-state index in [0.717, 1.165) is 19.3 Å². The third-order valence-electron chi connectivity index (χ3n) is 3.64. The number of aliphatic carboxylic acids is 1. The molecule has 0 bridgehead atoms. The summed E-state index contributed by atoms with van der Waals surface area (Å²) in [6, 6.07) is -0.798. The second-order valence-electron chi connectivity index (χ2n) is 5.22. The Bertz CT molecular complexity index is 307. The minimum atomic E-state index is -0.889. The molecule has 0 aromatic carbocycles. The van der Waals surface area contributed by atoms with E-state index in [2.05, 4.69) is 13.8 Å². The maximum Gasteiger partial charge on any atom is 0.326 e. The van der Waals surface area contributed by atoms with E-state index >= 15 is 0 Å². The van der Waals surface area contributed by atoms with E-state index in [-0.39, 0.29) is 6.03 Å². The highest BCUT2D eigenvalue weighted by Crippen LogP contribution is 2.19. The predicted molar refractivity (Wildman–Crippen MR) is 69.5 cm³/mol. The molecule has 1 rings (SSSR count). The van der Waals surface area contributed by atoms with Crippen LogP contribution in [0.4, 0.5) is 4.79 Å². The first-order valence-corrected chi connectivity index (χ1v) is 6.71. The Hall–Kier alpha value is -1.26. The van der Waals surface area contributed by atoms with Gasteiger partial charge < -0.3 is 14.9 Å². The summed E-state index contributed by atoms with van der Waals surface area (Å²) in [7, 11) is 1.75. The van der Waals surface area contributed by atoms with Crippen molar-refractivity contribution in [3.05, 3.63) is 0 Å². The minimum Gasteiger partial charge on any atom is -0.480 e. The highest BCUT2D eigenvalue weighted by atomic mass is 16.4. The molecular weight excluding hydrogens is 232 g/mol. The largest absolute Gasteiger partial charge is 0.480 e. The first-order chi connectivity index (χ1) is 8.47. The molecule has 0 radical (unpaired) electrons. The first-order valence-electron chi connectivity index (χ1n) is 6.71. The van der Waals surface area contributed by atoms with Gasteiger partial charge >= 0.3 is 12.0 Å². The maximum atomic E-state index is 12.3. The van der Waals surface area contributed by atoms with Crippen LogP contribution in [0.25, 0.3) is 0 Å². The standard InChI is InChI=1S/C13H24N2O3/c1-4-10(2)9-14(3)13(18)15-8-6-5-7-11(15)12(16)17/h10-11H,4-9H2,1-3H3,(H,16,17). The normalized spacial score (nSPS) is 21.5. The Morgan fingerprint density at radius 3 is 2.67 bits per heavy atom. The van der Waals surface area contributed by atoms with E-state index in [1.807, 2.05) is 0 Å². The minimum absolute atomic E-state index is 0.151. The predicted octanol–water partition coefficient (Wildman–Crippen LogP) is 2.02. The number of likely N-dealkylation sites (tertiary alicyclic amines) is 1. The van der Waals surface area contributed by atoms with Crippen LogP contribution in [-0.4, -0.2) is 53.1 Å². The van der Waals surface area contributed by atoms with Gasteiger partial charge in [-0.25, -0.2) is 9.59 Å². The number of nitrogens with zero attached hydrogens (tertiary/aromatic N) is 2. The van der Waals surface area contributed by atoms with E-state index in [4.69, 9.17) is 5.11 Å². The summed E-state index contributed by atoms with van der Waals surface area (Å²) < 4.78 is 0. The highest BCUT2D eigenvalue weighted by Gasteiger charge is 2.33. The summed E-state index contributed by atoms with van der Waals surface area (Å²) in [5.74, 6) is -0.452. The lowest BCUT2D eigenvalue weighted by Gasteiger charge is -2.36. The lowest BCUT2D eigenvalue weighted by Crippen LogP contribution is -2.52. The van der Waals surface area contributed by atoms with Crippen LogP contribution in [0.3, 0.4) is 0 Å². The summed E-state index contributed by atoms with van der Waals surface area (Å²) in [6.07, 6.45) is 3.36. The molecule has 5 nitrogen and oxygen atoms in total. The van der Waals surface area contributed by atoms with Crippen LogP contribution in [-0.2, 0) is 4.79 Å². The van der Waals surface area contributed by atoms with Crippen LogP contribution < -0.4 is 0 Å². The van der Waals surface area contributed by atoms with Gasteiger partial charge in [0.1, 0.15) is 6.04 Å². The highest BCUT2D eigenvalue weighted by molar-refractivity contribution is 5.82. The van der Waals surface area contributed by atoms with Crippen molar-refractivity contribution in [3.63, 3.8) is 0 Å². The van der Waals surface area contributed by atoms with Crippen molar-refractivity contribution in [2.75, 3.05) is 20.1 Å². The summed E-state index contributed by atoms with van der Waals surface area (Å²) >= 11 is 0. The maximum absolute atomic E-state index is 12.3. The number of piperidine rings is 1. The number of carbonyl (C=O) groups excluding carboxylic acids is 1. The van der Waals surface area contributed by atoms with Gasteiger partial charge in [-0.15, -0.1) is 0 Å². The van der Waals surface area contributed by atoms with Crippen LogP contribution >= 0.6 is 0 Å². The molecule has 0 aromatic heterocycles. The monoisotopic (exact) mass is 256 g/mol. The molecule has 0 saturated carbocycles. The van der Waals surface area contributed by atoms with Crippen LogP contribution in [0.15, 0.2) is 0 Å². The van der Waals surface area contributed by atoms with Gasteiger partial charge in [-0.2, -0.15) is 0 Å².